The Balaban J connectivity index is -0.0000000573. The number of nitrogens with one attached hydrogen (secondary N) is 7. The van der Waals surface area contributed by atoms with Gasteiger partial charge in [0.15, 0.2) is 0 Å². The second kappa shape index (κ2) is 41.1. The molecule has 0 saturated heterocycles. The van der Waals surface area contributed by atoms with Gasteiger partial charge < -0.3 is 30.7 Å². The molecule has 0 aliphatic rings. The van der Waals surface area contributed by atoms with Gasteiger partial charge in [0, 0.05) is 62.8 Å². The third-order valence-electron chi connectivity index (χ3n) is 2.64. The third-order valence-corrected chi connectivity index (χ3v) is 4.46. The van der Waals surface area contributed by atoms with Crippen molar-refractivity contribution in [1.29, 1.82) is 0 Å². The van der Waals surface area contributed by atoms with Crippen LogP contribution in [0.2, 0.25) is 0 Å². The molecule has 37 heavy (non-hydrogen) atoms. The van der Waals surface area contributed by atoms with Gasteiger partial charge in [0.05, 0.1) is 13.4 Å². The number of amides is 3. The summed E-state index contributed by atoms with van der Waals surface area (Å²) in [5.41, 5.74) is 0. The van der Waals surface area contributed by atoms with Crippen molar-refractivity contribution in [3.05, 3.63) is 0 Å². The normalized spacial score (nSPS) is 8.70. The van der Waals surface area contributed by atoms with Gasteiger partial charge in [-0.15, -0.1) is 0 Å². The molecule has 0 aromatic rings. The van der Waals surface area contributed by atoms with Gasteiger partial charge in [-0.3, -0.25) is 9.59 Å². The summed E-state index contributed by atoms with van der Waals surface area (Å²) >= 11 is 0. The first-order valence-electron chi connectivity index (χ1n) is 10.6. The molecule has 0 radical (unpaired) electrons. The van der Waals surface area contributed by atoms with Crippen LogP contribution in [0.4, 0.5) is 4.79 Å². The number of urea groups is 1. The van der Waals surface area contributed by atoms with Crippen LogP contribution >= 0.6 is 0 Å². The average molecular weight is 588 g/mol. The van der Waals surface area contributed by atoms with Gasteiger partial charge in [-0.25, -0.2) is 27.4 Å². The van der Waals surface area contributed by atoms with Crippen molar-refractivity contribution >= 4 is 38.1 Å². The van der Waals surface area contributed by atoms with Crippen molar-refractivity contribution in [3.8, 4) is 0 Å². The van der Waals surface area contributed by atoms with Crippen molar-refractivity contribution in [3.63, 3.8) is 0 Å². The largest absolute Gasteiger partial charge is 0.469 e. The van der Waals surface area contributed by atoms with E-state index >= 15 is 0 Å². The lowest BCUT2D eigenvalue weighted by atomic mass is 10.7. The Morgan fingerprint density at radius 2 is 0.946 bits per heavy atom. The molecule has 3 amide bonds. The number of esters is 1. The number of hydrogen-bond donors (Lipinski definition) is 7. The average Bonchev–Trinajstić information content (AvgIpc) is 2.89. The van der Waals surface area contributed by atoms with E-state index < -0.39 is 20.2 Å². The Hall–Kier alpha value is -2.09. The predicted octanol–water partition coefficient (Wildman–Crippen LogP) is -1.81. The predicted molar refractivity (Wildman–Crippen MR) is 149 cm³/mol. The Labute approximate surface area is 225 Å². The molecule has 0 aliphatic heterocycles. The van der Waals surface area contributed by atoms with Gasteiger partial charge >= 0.3 is 12.0 Å². The van der Waals surface area contributed by atoms with Crippen LogP contribution in [0.5, 0.6) is 0 Å². The summed E-state index contributed by atoms with van der Waals surface area (Å²) in [4.78, 5) is 29.2. The lowest BCUT2D eigenvalue weighted by Gasteiger charge is -1.94. The number of rotatable bonds is 5. The number of methoxy groups -OCH3 is 2. The molecule has 0 spiro atoms. The fraction of sp³-hybridized carbons (Fsp3) is 0.842. The van der Waals surface area contributed by atoms with Gasteiger partial charge in [0.2, 0.25) is 15.9 Å². The van der Waals surface area contributed by atoms with Crippen molar-refractivity contribution in [1.82, 2.24) is 35.4 Å². The summed E-state index contributed by atoms with van der Waals surface area (Å²) in [6.07, 6.45) is 1.10. The van der Waals surface area contributed by atoms with Crippen LogP contribution in [0.3, 0.4) is 0 Å². The molecule has 18 heteroatoms. The SMILES string of the molecule is CCNC.CCOC.CNC(=O)NC.CNC(C)=O.CNS(=O)(=O)NC.CNS(C)(=O)=O.COC(C)=O. The molecule has 0 heterocycles. The van der Waals surface area contributed by atoms with Crippen molar-refractivity contribution in [2.75, 3.05) is 83.0 Å². The van der Waals surface area contributed by atoms with E-state index in [9.17, 15) is 31.2 Å². The topological polar surface area (TPSA) is 222 Å². The monoisotopic (exact) mass is 587 g/mol. The molecule has 0 fully saturated rings. The van der Waals surface area contributed by atoms with E-state index in [1.54, 1.807) is 28.3 Å². The molecule has 0 saturated carbocycles. The summed E-state index contributed by atoms with van der Waals surface area (Å²) in [7, 11) is 7.68. The van der Waals surface area contributed by atoms with E-state index in [1.165, 1.54) is 42.1 Å². The molecule has 230 valence electrons. The van der Waals surface area contributed by atoms with Crippen LogP contribution in [0.15, 0.2) is 0 Å². The first-order valence-corrected chi connectivity index (χ1v) is 14.0. The Kier molecular flexibility index (Phi) is 57.2. The summed E-state index contributed by atoms with van der Waals surface area (Å²) in [5.74, 6) is -0.241. The van der Waals surface area contributed by atoms with E-state index in [0.29, 0.717) is 0 Å². The van der Waals surface area contributed by atoms with Gasteiger partial charge in [0.1, 0.15) is 0 Å². The highest BCUT2D eigenvalue weighted by molar-refractivity contribution is 7.88. The maximum Gasteiger partial charge on any atom is 0.314 e. The van der Waals surface area contributed by atoms with Crippen LogP contribution in [0.1, 0.15) is 27.7 Å². The molecule has 0 unspecified atom stereocenters. The quantitative estimate of drug-likeness (QED) is 0.179. The Bertz CT molecular complexity index is 654. The number of carbonyl (C=O) groups excluding carboxylic acids is 3. The summed E-state index contributed by atoms with van der Waals surface area (Å²) in [6.45, 7) is 8.75. The van der Waals surface area contributed by atoms with E-state index in [-0.39, 0.29) is 17.9 Å². The van der Waals surface area contributed by atoms with Crippen LogP contribution in [-0.2, 0) is 39.3 Å². The number of ether oxygens (including phenoxy) is 2. The molecular formula is C19H53N7O9S2. The minimum absolute atomic E-state index is 0.00463. The van der Waals surface area contributed by atoms with Crippen molar-refractivity contribution in [2.24, 2.45) is 0 Å². The second-order valence-electron chi connectivity index (χ2n) is 5.50. The van der Waals surface area contributed by atoms with Gasteiger partial charge in [0.25, 0.3) is 10.2 Å². The lowest BCUT2D eigenvalue weighted by molar-refractivity contribution is -0.138. The Morgan fingerprint density at radius 1 is 0.703 bits per heavy atom. The van der Waals surface area contributed by atoms with Crippen molar-refractivity contribution in [2.45, 2.75) is 27.7 Å². The molecule has 16 nitrogen and oxygen atoms in total. The molecule has 0 atom stereocenters. The highest BCUT2D eigenvalue weighted by Gasteiger charge is 1.96. The molecule has 0 aromatic heterocycles. The maximum absolute atomic E-state index is 10.1. The van der Waals surface area contributed by atoms with Crippen LogP contribution in [0, 0.1) is 0 Å². The van der Waals surface area contributed by atoms with Crippen LogP contribution < -0.4 is 35.4 Å². The summed E-state index contributed by atoms with van der Waals surface area (Å²) < 4.78 is 54.9. The summed E-state index contributed by atoms with van der Waals surface area (Å²) in [5, 5.41) is 10.0. The first kappa shape index (κ1) is 51.5. The molecule has 0 aliphatic carbocycles. The zero-order valence-corrected chi connectivity index (χ0v) is 26.5. The standard InChI is InChI=1S/C3H8N2O.C3H7NO.C3H9N.C3H6O2.C3H8O.C2H8N2O2S.C2H7NO2S/c1-4-3(6)5-2;1-3(5)4-2;1-3-4-2;1-3(4)5-2;1-3-4-2;1-3-7(5,6)4-2;1-3-6(2,4)5/h1-2H3,(H2,4,5,6);1-2H3,(H,4,5);4H,3H2,1-2H3;1-2H3;3H2,1-2H3;3-4H,1-2H3;3H,1-2H3. The van der Waals surface area contributed by atoms with Gasteiger partial charge in [-0.2, -0.15) is 8.42 Å². The van der Waals surface area contributed by atoms with Gasteiger partial charge in [-0.05, 0) is 27.6 Å². The number of carbonyl (C=O) groups is 3. The Morgan fingerprint density at radius 3 is 0.946 bits per heavy atom. The first-order chi connectivity index (χ1) is 16.9. The zero-order valence-electron chi connectivity index (χ0n) is 24.9. The van der Waals surface area contributed by atoms with E-state index in [2.05, 4.69) is 51.8 Å². The third kappa shape index (κ3) is 121. The molecular weight excluding hydrogens is 534 g/mol. The fourth-order valence-electron chi connectivity index (χ4n) is 0.227. The molecule has 0 bridgehead atoms. The number of hydrogen-bond acceptors (Lipinski definition) is 10. The lowest BCUT2D eigenvalue weighted by Crippen LogP contribution is -2.30. The van der Waals surface area contributed by atoms with Crippen LogP contribution in [0.25, 0.3) is 0 Å². The van der Waals surface area contributed by atoms with Crippen molar-refractivity contribution < 1.29 is 40.7 Å². The fourth-order valence-corrected chi connectivity index (χ4v) is 0.431. The van der Waals surface area contributed by atoms with E-state index in [4.69, 9.17) is 0 Å². The number of sulfonamides is 1. The minimum atomic E-state index is -3.16. The smallest absolute Gasteiger partial charge is 0.314 e. The molecule has 0 aromatic carbocycles. The highest BCUT2D eigenvalue weighted by Crippen LogP contribution is 1.63. The van der Waals surface area contributed by atoms with E-state index in [1.807, 2.05) is 14.0 Å². The highest BCUT2D eigenvalue weighted by atomic mass is 32.2. The van der Waals surface area contributed by atoms with Crippen LogP contribution in [-0.4, -0.2) is 118 Å². The maximum atomic E-state index is 10.1. The molecule has 0 rings (SSSR count). The zero-order chi connectivity index (χ0) is 31.5. The molecule has 7 N–H and O–H groups in total. The summed E-state index contributed by atoms with van der Waals surface area (Å²) in [6, 6.07) is -0.157. The second-order valence-corrected chi connectivity index (χ2v) is 9.28. The van der Waals surface area contributed by atoms with Gasteiger partial charge in [-0.1, -0.05) is 6.92 Å². The minimum Gasteiger partial charge on any atom is -0.469 e. The van der Waals surface area contributed by atoms with E-state index in [0.717, 1.165) is 19.4 Å².